The number of carbonyl (C=O) groups excluding carboxylic acids is 1. The van der Waals surface area contributed by atoms with Crippen molar-refractivity contribution in [3.05, 3.63) is 48.6 Å². The molecule has 1 aromatic rings. The van der Waals surface area contributed by atoms with Gasteiger partial charge in [0.05, 0.1) is 0 Å². The van der Waals surface area contributed by atoms with Gasteiger partial charge in [0.25, 0.3) is 0 Å². The summed E-state index contributed by atoms with van der Waals surface area (Å²) in [6.07, 6.45) is 3.53. The van der Waals surface area contributed by atoms with Crippen molar-refractivity contribution < 1.29 is 9.53 Å². The van der Waals surface area contributed by atoms with Gasteiger partial charge in [-0.3, -0.25) is 0 Å². The van der Waals surface area contributed by atoms with Crippen LogP contribution in [0.25, 0.3) is 0 Å². The summed E-state index contributed by atoms with van der Waals surface area (Å²) in [6, 6.07) is 10.2. The van der Waals surface area contributed by atoms with E-state index in [2.05, 4.69) is 29.3 Å². The molecule has 20 heavy (non-hydrogen) atoms. The molecule has 0 aromatic heterocycles. The first kappa shape index (κ1) is 14.6. The van der Waals surface area contributed by atoms with Crippen LogP contribution in [0.15, 0.2) is 43.0 Å². The van der Waals surface area contributed by atoms with Gasteiger partial charge in [0.1, 0.15) is 0 Å². The highest BCUT2D eigenvalue weighted by molar-refractivity contribution is 5.74. The molecule has 4 heteroatoms. The van der Waals surface area contributed by atoms with Crippen LogP contribution in [0, 0.1) is 0 Å². The predicted molar refractivity (Wildman–Crippen MR) is 79.8 cm³/mol. The quantitative estimate of drug-likeness (QED) is 0.809. The first-order chi connectivity index (χ1) is 9.77. The van der Waals surface area contributed by atoms with Gasteiger partial charge in [-0.25, -0.2) is 4.79 Å². The Morgan fingerprint density at radius 3 is 2.60 bits per heavy atom. The Morgan fingerprint density at radius 1 is 1.25 bits per heavy atom. The molecule has 1 aromatic carbocycles. The van der Waals surface area contributed by atoms with Gasteiger partial charge in [-0.05, 0) is 18.4 Å². The van der Waals surface area contributed by atoms with Gasteiger partial charge in [-0.1, -0.05) is 36.4 Å². The molecule has 1 fully saturated rings. The number of hydrogen-bond donors (Lipinski definition) is 2. The summed E-state index contributed by atoms with van der Waals surface area (Å²) in [5.41, 5.74) is 1.25. The summed E-state index contributed by atoms with van der Waals surface area (Å²) in [4.78, 5) is 11.7. The number of hydrogen-bond acceptors (Lipinski definition) is 2. The van der Waals surface area contributed by atoms with Crippen molar-refractivity contribution in [2.24, 2.45) is 0 Å². The van der Waals surface area contributed by atoms with Gasteiger partial charge in [-0.2, -0.15) is 0 Å². The summed E-state index contributed by atoms with van der Waals surface area (Å²) in [7, 11) is 0. The Bertz CT molecular complexity index is 439. The Kier molecular flexibility index (Phi) is 5.18. The van der Waals surface area contributed by atoms with Crippen molar-refractivity contribution in [2.45, 2.75) is 18.3 Å². The maximum Gasteiger partial charge on any atom is 0.315 e. The van der Waals surface area contributed by atoms with Crippen LogP contribution in [0.4, 0.5) is 4.79 Å². The van der Waals surface area contributed by atoms with Gasteiger partial charge >= 0.3 is 6.03 Å². The second kappa shape index (κ2) is 7.10. The van der Waals surface area contributed by atoms with E-state index in [9.17, 15) is 4.79 Å². The van der Waals surface area contributed by atoms with Crippen LogP contribution < -0.4 is 10.6 Å². The topological polar surface area (TPSA) is 50.4 Å². The van der Waals surface area contributed by atoms with Gasteiger partial charge in [-0.15, -0.1) is 6.58 Å². The van der Waals surface area contributed by atoms with E-state index < -0.39 is 0 Å². The Balaban J connectivity index is 2.04. The minimum atomic E-state index is -0.147. The monoisotopic (exact) mass is 274 g/mol. The number of benzene rings is 1. The molecule has 2 rings (SSSR count). The first-order valence-electron chi connectivity index (χ1n) is 7.03. The minimum Gasteiger partial charge on any atom is -0.381 e. The van der Waals surface area contributed by atoms with Crippen LogP contribution in [-0.2, 0) is 10.2 Å². The summed E-state index contributed by atoms with van der Waals surface area (Å²) < 4.78 is 5.48. The predicted octanol–water partition coefficient (Wildman–Crippen LogP) is 2.22. The standard InChI is InChI=1S/C16H22N2O2/c1-2-10-17-15(19)18-13-16(8-11-20-12-9-16)14-6-4-3-5-7-14/h2-7H,1,8-13H2,(H2,17,18,19). The zero-order valence-corrected chi connectivity index (χ0v) is 11.7. The molecule has 4 nitrogen and oxygen atoms in total. The van der Waals surface area contributed by atoms with Crippen LogP contribution in [-0.4, -0.2) is 32.3 Å². The normalized spacial score (nSPS) is 17.2. The van der Waals surface area contributed by atoms with E-state index in [4.69, 9.17) is 4.74 Å². The largest absolute Gasteiger partial charge is 0.381 e. The zero-order valence-electron chi connectivity index (χ0n) is 11.7. The lowest BCUT2D eigenvalue weighted by molar-refractivity contribution is 0.0507. The number of nitrogens with one attached hydrogen (secondary N) is 2. The van der Waals surface area contributed by atoms with E-state index in [1.165, 1.54) is 5.56 Å². The van der Waals surface area contributed by atoms with E-state index >= 15 is 0 Å². The van der Waals surface area contributed by atoms with Crippen LogP contribution in [0.2, 0.25) is 0 Å². The maximum absolute atomic E-state index is 11.7. The number of carbonyl (C=O) groups is 1. The number of ether oxygens (including phenoxy) is 1. The zero-order chi connectivity index (χ0) is 14.3. The average molecular weight is 274 g/mol. The first-order valence-corrected chi connectivity index (χ1v) is 7.03. The van der Waals surface area contributed by atoms with Crippen LogP contribution >= 0.6 is 0 Å². The van der Waals surface area contributed by atoms with Crippen LogP contribution in [0.3, 0.4) is 0 Å². The molecular weight excluding hydrogens is 252 g/mol. The Hall–Kier alpha value is -1.81. The van der Waals surface area contributed by atoms with Crippen molar-refractivity contribution in [1.82, 2.24) is 10.6 Å². The number of rotatable bonds is 5. The summed E-state index contributed by atoms with van der Waals surface area (Å²) in [6.45, 7) is 6.17. The summed E-state index contributed by atoms with van der Waals surface area (Å²) >= 11 is 0. The third kappa shape index (κ3) is 3.61. The van der Waals surface area contributed by atoms with E-state index in [0.29, 0.717) is 13.1 Å². The molecule has 108 valence electrons. The van der Waals surface area contributed by atoms with E-state index in [0.717, 1.165) is 26.1 Å². The fraction of sp³-hybridized carbons (Fsp3) is 0.438. The Morgan fingerprint density at radius 2 is 1.95 bits per heavy atom. The molecular formula is C16H22N2O2. The molecule has 2 N–H and O–H groups in total. The molecule has 2 amide bonds. The molecule has 0 unspecified atom stereocenters. The molecule has 0 spiro atoms. The fourth-order valence-electron chi connectivity index (χ4n) is 2.60. The highest BCUT2D eigenvalue weighted by Gasteiger charge is 2.34. The maximum atomic E-state index is 11.7. The van der Waals surface area contributed by atoms with E-state index in [1.807, 2.05) is 18.2 Å². The third-order valence-corrected chi connectivity index (χ3v) is 3.83. The average Bonchev–Trinajstić information content (AvgIpc) is 2.52. The fourth-order valence-corrected chi connectivity index (χ4v) is 2.60. The van der Waals surface area contributed by atoms with Gasteiger partial charge < -0.3 is 15.4 Å². The molecule has 1 saturated heterocycles. The van der Waals surface area contributed by atoms with Crippen LogP contribution in [0.5, 0.6) is 0 Å². The second-order valence-corrected chi connectivity index (χ2v) is 5.11. The number of urea groups is 1. The van der Waals surface area contributed by atoms with Crippen molar-refractivity contribution >= 4 is 6.03 Å². The molecule has 1 aliphatic heterocycles. The number of amides is 2. The van der Waals surface area contributed by atoms with Crippen molar-refractivity contribution in [2.75, 3.05) is 26.3 Å². The van der Waals surface area contributed by atoms with Crippen molar-refractivity contribution in [3.8, 4) is 0 Å². The second-order valence-electron chi connectivity index (χ2n) is 5.11. The molecule has 0 bridgehead atoms. The molecule has 1 heterocycles. The minimum absolute atomic E-state index is 0.0228. The lowest BCUT2D eigenvalue weighted by Crippen LogP contribution is -2.47. The van der Waals surface area contributed by atoms with Crippen molar-refractivity contribution in [3.63, 3.8) is 0 Å². The smallest absolute Gasteiger partial charge is 0.315 e. The van der Waals surface area contributed by atoms with E-state index in [1.54, 1.807) is 6.08 Å². The van der Waals surface area contributed by atoms with E-state index in [-0.39, 0.29) is 11.4 Å². The van der Waals surface area contributed by atoms with Gasteiger partial charge in [0.15, 0.2) is 0 Å². The van der Waals surface area contributed by atoms with Crippen molar-refractivity contribution in [1.29, 1.82) is 0 Å². The summed E-state index contributed by atoms with van der Waals surface area (Å²) in [5.74, 6) is 0. The highest BCUT2D eigenvalue weighted by Crippen LogP contribution is 2.34. The Labute approximate surface area is 120 Å². The third-order valence-electron chi connectivity index (χ3n) is 3.83. The lowest BCUT2D eigenvalue weighted by atomic mass is 9.74. The molecule has 1 aliphatic rings. The molecule has 0 saturated carbocycles. The highest BCUT2D eigenvalue weighted by atomic mass is 16.5. The van der Waals surface area contributed by atoms with Gasteiger partial charge in [0.2, 0.25) is 0 Å². The summed E-state index contributed by atoms with van der Waals surface area (Å²) in [5, 5.41) is 5.71. The molecule has 0 radical (unpaired) electrons. The SMILES string of the molecule is C=CCNC(=O)NCC1(c2ccccc2)CCOCC1. The lowest BCUT2D eigenvalue weighted by Gasteiger charge is -2.37. The van der Waals surface area contributed by atoms with Gasteiger partial charge in [0, 0.05) is 31.7 Å². The van der Waals surface area contributed by atoms with Crippen LogP contribution in [0.1, 0.15) is 18.4 Å². The molecule has 0 atom stereocenters. The molecule has 0 aliphatic carbocycles.